The van der Waals surface area contributed by atoms with E-state index in [1.54, 1.807) is 17.9 Å². The molecule has 2 N–H and O–H groups in total. The molecule has 2 aromatic rings. The van der Waals surface area contributed by atoms with Gasteiger partial charge in [0.2, 0.25) is 0 Å². The Hall–Kier alpha value is -2.83. The molecule has 7 nitrogen and oxygen atoms in total. The van der Waals surface area contributed by atoms with E-state index in [-0.39, 0.29) is 11.8 Å². The van der Waals surface area contributed by atoms with E-state index in [4.69, 9.17) is 4.74 Å². The minimum Gasteiger partial charge on any atom is -0.444 e. The molecule has 0 bridgehead atoms. The number of nitrogens with zero attached hydrogens (tertiary/aromatic N) is 2. The number of alkyl carbamates (subject to hydrolysis) is 1. The minimum absolute atomic E-state index is 0.0540. The van der Waals surface area contributed by atoms with E-state index in [1.165, 1.54) is 0 Å². The van der Waals surface area contributed by atoms with Gasteiger partial charge in [0.25, 0.3) is 5.91 Å². The Labute approximate surface area is 160 Å². The second-order valence-electron chi connectivity index (χ2n) is 7.63. The molecular formula is C20H28N4O3. The summed E-state index contributed by atoms with van der Waals surface area (Å²) in [4.78, 5) is 24.3. The molecule has 0 radical (unpaired) electrons. The average Bonchev–Trinajstić information content (AvgIpc) is 2.99. The fourth-order valence-corrected chi connectivity index (χ4v) is 2.47. The van der Waals surface area contributed by atoms with Crippen molar-refractivity contribution in [1.82, 2.24) is 20.4 Å². The number of benzene rings is 1. The smallest absolute Gasteiger partial charge is 0.407 e. The molecule has 7 heteroatoms. The van der Waals surface area contributed by atoms with Crippen LogP contribution in [0, 0.1) is 5.92 Å². The molecule has 0 fully saturated rings. The van der Waals surface area contributed by atoms with Crippen molar-refractivity contribution in [3.8, 4) is 11.3 Å². The molecule has 2 amide bonds. The maximum Gasteiger partial charge on any atom is 0.407 e. The third-order valence-electron chi connectivity index (χ3n) is 3.73. The zero-order valence-corrected chi connectivity index (χ0v) is 16.6. The van der Waals surface area contributed by atoms with Crippen LogP contribution in [0.5, 0.6) is 0 Å². The van der Waals surface area contributed by atoms with Gasteiger partial charge in [-0.05, 0) is 26.7 Å². The van der Waals surface area contributed by atoms with Gasteiger partial charge in [-0.2, -0.15) is 5.10 Å². The Morgan fingerprint density at radius 2 is 1.78 bits per heavy atom. The highest BCUT2D eigenvalue weighted by Gasteiger charge is 2.19. The lowest BCUT2D eigenvalue weighted by Gasteiger charge is -2.21. The van der Waals surface area contributed by atoms with Gasteiger partial charge in [0.05, 0.1) is 5.56 Å². The molecule has 0 aliphatic heterocycles. The maximum absolute atomic E-state index is 12.6. The van der Waals surface area contributed by atoms with E-state index in [1.807, 2.05) is 58.0 Å². The van der Waals surface area contributed by atoms with Crippen LogP contribution in [0.2, 0.25) is 0 Å². The third-order valence-corrected chi connectivity index (χ3v) is 3.73. The summed E-state index contributed by atoms with van der Waals surface area (Å²) in [5, 5.41) is 10.0. The second kappa shape index (κ2) is 8.70. The molecule has 2 rings (SSSR count). The quantitative estimate of drug-likeness (QED) is 0.816. The predicted octanol–water partition coefficient (Wildman–Crippen LogP) is 2.98. The summed E-state index contributed by atoms with van der Waals surface area (Å²) in [5.74, 6) is -0.135. The van der Waals surface area contributed by atoms with Gasteiger partial charge in [-0.25, -0.2) is 4.79 Å². The Morgan fingerprint density at radius 1 is 1.15 bits per heavy atom. The molecule has 0 spiro atoms. The van der Waals surface area contributed by atoms with E-state index >= 15 is 0 Å². The Morgan fingerprint density at radius 3 is 2.41 bits per heavy atom. The Balaban J connectivity index is 1.90. The number of carbonyl (C=O) groups is 2. The van der Waals surface area contributed by atoms with Crippen LogP contribution in [-0.2, 0) is 11.8 Å². The van der Waals surface area contributed by atoms with Crippen LogP contribution in [-0.4, -0.2) is 40.5 Å². The van der Waals surface area contributed by atoms with Crippen molar-refractivity contribution in [1.29, 1.82) is 0 Å². The van der Waals surface area contributed by atoms with Crippen LogP contribution in [0.3, 0.4) is 0 Å². The largest absolute Gasteiger partial charge is 0.444 e. The molecule has 146 valence electrons. The number of rotatable bonds is 6. The van der Waals surface area contributed by atoms with Gasteiger partial charge in [0.15, 0.2) is 0 Å². The standard InChI is InChI=1S/C20H28N4O3/c1-14(12-22-19(26)27-20(2,3)4)11-21-18(25)16-13-24(5)23-17(16)15-9-7-6-8-10-15/h6-10,13-14H,11-12H2,1-5H3,(H,21,25)(H,22,26). The van der Waals surface area contributed by atoms with Crippen molar-refractivity contribution in [3.63, 3.8) is 0 Å². The lowest BCUT2D eigenvalue weighted by Crippen LogP contribution is -2.38. The van der Waals surface area contributed by atoms with Crippen molar-refractivity contribution in [2.24, 2.45) is 13.0 Å². The third kappa shape index (κ3) is 6.44. The number of ether oxygens (including phenoxy) is 1. The average molecular weight is 372 g/mol. The molecule has 1 unspecified atom stereocenters. The number of hydrogen-bond donors (Lipinski definition) is 2. The highest BCUT2D eigenvalue weighted by Crippen LogP contribution is 2.21. The zero-order valence-electron chi connectivity index (χ0n) is 16.6. The monoisotopic (exact) mass is 372 g/mol. The SMILES string of the molecule is CC(CNC(=O)OC(C)(C)C)CNC(=O)c1cn(C)nc1-c1ccccc1. The fourth-order valence-electron chi connectivity index (χ4n) is 2.47. The summed E-state index contributed by atoms with van der Waals surface area (Å²) in [6.07, 6.45) is 1.25. The molecule has 0 saturated carbocycles. The number of aromatic nitrogens is 2. The highest BCUT2D eigenvalue weighted by molar-refractivity contribution is 5.99. The minimum atomic E-state index is -0.532. The van der Waals surface area contributed by atoms with E-state index < -0.39 is 11.7 Å². The summed E-state index contributed by atoms with van der Waals surface area (Å²) >= 11 is 0. The summed E-state index contributed by atoms with van der Waals surface area (Å²) in [6, 6.07) is 9.59. The van der Waals surface area contributed by atoms with Crippen LogP contribution in [0.25, 0.3) is 11.3 Å². The van der Waals surface area contributed by atoms with Crippen molar-refractivity contribution >= 4 is 12.0 Å². The van der Waals surface area contributed by atoms with E-state index in [0.717, 1.165) is 5.56 Å². The van der Waals surface area contributed by atoms with Gasteiger partial charge in [-0.1, -0.05) is 37.3 Å². The van der Waals surface area contributed by atoms with Crippen LogP contribution in [0.15, 0.2) is 36.5 Å². The normalized spacial score (nSPS) is 12.3. The van der Waals surface area contributed by atoms with Crippen molar-refractivity contribution in [3.05, 3.63) is 42.1 Å². The topological polar surface area (TPSA) is 85.3 Å². The van der Waals surface area contributed by atoms with Gasteiger partial charge in [-0.3, -0.25) is 9.48 Å². The molecule has 0 aliphatic carbocycles. The van der Waals surface area contributed by atoms with E-state index in [9.17, 15) is 9.59 Å². The van der Waals surface area contributed by atoms with Crippen LogP contribution in [0.1, 0.15) is 38.1 Å². The Bertz CT molecular complexity index is 778. The van der Waals surface area contributed by atoms with Gasteiger partial charge >= 0.3 is 6.09 Å². The molecule has 1 aromatic carbocycles. The van der Waals surface area contributed by atoms with E-state index in [2.05, 4.69) is 15.7 Å². The lowest BCUT2D eigenvalue weighted by atomic mass is 10.1. The van der Waals surface area contributed by atoms with Gasteiger partial charge < -0.3 is 15.4 Å². The summed E-state index contributed by atoms with van der Waals surface area (Å²) < 4.78 is 6.83. The first kappa shape index (κ1) is 20.5. The first-order valence-corrected chi connectivity index (χ1v) is 9.00. The summed E-state index contributed by atoms with van der Waals surface area (Å²) in [5.41, 5.74) is 1.53. The number of carbonyl (C=O) groups excluding carboxylic acids is 2. The van der Waals surface area contributed by atoms with Gasteiger partial charge in [0, 0.05) is 31.9 Å². The second-order valence-corrected chi connectivity index (χ2v) is 7.63. The van der Waals surface area contributed by atoms with Crippen LogP contribution < -0.4 is 10.6 Å². The van der Waals surface area contributed by atoms with Crippen molar-refractivity contribution in [2.45, 2.75) is 33.3 Å². The number of nitrogens with one attached hydrogen (secondary N) is 2. The van der Waals surface area contributed by atoms with Gasteiger partial charge in [0.1, 0.15) is 11.3 Å². The molecule has 1 atom stereocenters. The summed E-state index contributed by atoms with van der Waals surface area (Å²) in [6.45, 7) is 8.22. The molecule has 1 aromatic heterocycles. The first-order chi connectivity index (χ1) is 12.7. The van der Waals surface area contributed by atoms with Crippen LogP contribution in [0.4, 0.5) is 4.79 Å². The zero-order chi connectivity index (χ0) is 20.0. The van der Waals surface area contributed by atoms with Crippen molar-refractivity contribution in [2.75, 3.05) is 13.1 Å². The summed E-state index contributed by atoms with van der Waals surface area (Å²) in [7, 11) is 1.79. The molecule has 27 heavy (non-hydrogen) atoms. The number of amides is 2. The highest BCUT2D eigenvalue weighted by atomic mass is 16.6. The predicted molar refractivity (Wildman–Crippen MR) is 104 cm³/mol. The van der Waals surface area contributed by atoms with Crippen LogP contribution >= 0.6 is 0 Å². The fraction of sp³-hybridized carbons (Fsp3) is 0.450. The van der Waals surface area contributed by atoms with Crippen molar-refractivity contribution < 1.29 is 14.3 Å². The Kier molecular flexibility index (Phi) is 6.60. The molecular weight excluding hydrogens is 344 g/mol. The lowest BCUT2D eigenvalue weighted by molar-refractivity contribution is 0.0520. The number of aryl methyl sites for hydroxylation is 1. The van der Waals surface area contributed by atoms with Gasteiger partial charge in [-0.15, -0.1) is 0 Å². The number of hydrogen-bond acceptors (Lipinski definition) is 4. The maximum atomic E-state index is 12.6. The van der Waals surface area contributed by atoms with E-state index in [0.29, 0.717) is 24.3 Å². The molecule has 1 heterocycles. The first-order valence-electron chi connectivity index (χ1n) is 9.00. The molecule has 0 aliphatic rings. The molecule has 0 saturated heterocycles.